The summed E-state index contributed by atoms with van der Waals surface area (Å²) in [7, 11) is -4.72. The van der Waals surface area contributed by atoms with Gasteiger partial charge >= 0.3 is 16.4 Å². The molecule has 7 aliphatic rings. The van der Waals surface area contributed by atoms with Crippen molar-refractivity contribution in [2.75, 3.05) is 19.8 Å². The molecule has 9 N–H and O–H groups in total. The molecule has 2 aliphatic heterocycles. The van der Waals surface area contributed by atoms with Crippen LogP contribution in [0.3, 0.4) is 0 Å². The fourth-order valence-electron chi connectivity index (χ4n) is 13.6. The fraction of sp³-hybridized carbons (Fsp3) is 0.929. The van der Waals surface area contributed by atoms with E-state index in [9.17, 15) is 58.6 Å². The molecule has 0 aromatic heterocycles. The van der Waals surface area contributed by atoms with Crippen LogP contribution in [0, 0.1) is 50.2 Å². The van der Waals surface area contributed by atoms with E-state index in [-0.39, 0.29) is 46.0 Å². The third-order valence-corrected chi connectivity index (χ3v) is 17.9. The molecule has 0 spiro atoms. The SMILES string of the molecule is CC1(C)CC[C@]2(C(=O)O[C@@H]3O[C@H](CO[C@@H]4O[C@H](CO)[C@@H](O)[C@@H](O)[C@H]4O)[C@@H](O)[C@@H](O)[C@H]3O)CCC3(C)C(=CCC4[C@@]5(C)CC[C@H](O)[C@@](C)(COS(=O)(=O)O)C5CC[C@]43C)[C@@H]2C1. The number of fused-ring (bicyclic) bond motifs is 7. The first kappa shape index (κ1) is 46.6. The van der Waals surface area contributed by atoms with Crippen molar-refractivity contribution in [1.82, 2.24) is 0 Å². The number of rotatable bonds is 9. The Bertz CT molecular complexity index is 1760. The van der Waals surface area contributed by atoms with Gasteiger partial charge in [0.05, 0.1) is 31.3 Å². The Morgan fingerprint density at radius 1 is 0.767 bits per heavy atom. The van der Waals surface area contributed by atoms with Gasteiger partial charge in [0.25, 0.3) is 0 Å². The van der Waals surface area contributed by atoms with Crippen LogP contribution in [0.2, 0.25) is 0 Å². The molecule has 0 amide bonds. The minimum atomic E-state index is -4.72. The first-order chi connectivity index (χ1) is 27.8. The van der Waals surface area contributed by atoms with Gasteiger partial charge in [-0.15, -0.1) is 0 Å². The number of aliphatic hydroxyl groups is 8. The Balaban J connectivity index is 1.13. The molecular weight excluding hydrogens is 809 g/mol. The first-order valence-corrected chi connectivity index (χ1v) is 23.0. The molecule has 2 saturated heterocycles. The maximum Gasteiger partial charge on any atom is 0.397 e. The molecule has 60 heavy (non-hydrogen) atoms. The molecule has 5 aliphatic carbocycles. The molecule has 18 heteroatoms. The van der Waals surface area contributed by atoms with Gasteiger partial charge in [0.15, 0.2) is 6.29 Å². The predicted molar refractivity (Wildman–Crippen MR) is 209 cm³/mol. The molecule has 0 radical (unpaired) electrons. The highest BCUT2D eigenvalue weighted by atomic mass is 32.3. The van der Waals surface area contributed by atoms with Crippen molar-refractivity contribution < 1.29 is 81.7 Å². The summed E-state index contributed by atoms with van der Waals surface area (Å²) in [6.45, 7) is 11.6. The molecule has 6 fully saturated rings. The minimum absolute atomic E-state index is 0.0828. The number of hydrogen-bond donors (Lipinski definition) is 9. The standard InChI is InChI=1S/C42H68O17S/c1-37(2)13-15-42(36(51)59-35-33(50)31(48)29(46)24(58-35)19-55-34-32(49)30(47)28(45)23(18-43)57-34)16-14-40(5)21(22(42)17-37)7-8-26-38(3)11-10-27(44)39(4,20-56-60(52,53)54)25(38)9-12-41(26,40)6/h7,22-35,43-50H,8-20H2,1-6H3,(H,52,53,54)/t22-,23+,24+,25?,26?,27-,28+,29+,30+,31+,32+,33+,34+,35-,38-,39-,40?,41+,42-/m0/s1. The smallest absolute Gasteiger partial charge is 0.397 e. The summed E-state index contributed by atoms with van der Waals surface area (Å²) in [5.41, 5.74) is -1.67. The van der Waals surface area contributed by atoms with E-state index in [2.05, 4.69) is 40.7 Å². The van der Waals surface area contributed by atoms with Crippen molar-refractivity contribution in [2.45, 2.75) is 173 Å². The van der Waals surface area contributed by atoms with E-state index in [0.29, 0.717) is 44.9 Å². The predicted octanol–water partition coefficient (Wildman–Crippen LogP) is 1.12. The number of carbonyl (C=O) groups excluding carboxylic acids is 1. The van der Waals surface area contributed by atoms with E-state index < -0.39 is 108 Å². The Morgan fingerprint density at radius 2 is 1.38 bits per heavy atom. The van der Waals surface area contributed by atoms with Crippen LogP contribution in [0.25, 0.3) is 0 Å². The van der Waals surface area contributed by atoms with Gasteiger partial charge in [-0.05, 0) is 104 Å². The van der Waals surface area contributed by atoms with Gasteiger partial charge in [-0.1, -0.05) is 53.2 Å². The summed E-state index contributed by atoms with van der Waals surface area (Å²) in [4.78, 5) is 14.8. The zero-order valence-corrected chi connectivity index (χ0v) is 36.4. The van der Waals surface area contributed by atoms with Crippen LogP contribution in [-0.4, -0.2) is 147 Å². The third kappa shape index (κ3) is 7.43. The Kier molecular flexibility index (Phi) is 12.4. The minimum Gasteiger partial charge on any atom is -0.432 e. The number of hydrogen-bond acceptors (Lipinski definition) is 16. The zero-order valence-electron chi connectivity index (χ0n) is 35.6. The lowest BCUT2D eigenvalue weighted by molar-refractivity contribution is -0.328. The van der Waals surface area contributed by atoms with Crippen molar-refractivity contribution in [2.24, 2.45) is 50.2 Å². The Labute approximate surface area is 352 Å². The molecule has 0 bridgehead atoms. The van der Waals surface area contributed by atoms with Crippen LogP contribution in [0.5, 0.6) is 0 Å². The number of esters is 1. The monoisotopic (exact) mass is 876 g/mol. The summed E-state index contributed by atoms with van der Waals surface area (Å²) in [6.07, 6.45) is -8.27. The molecule has 4 saturated carbocycles. The van der Waals surface area contributed by atoms with Crippen LogP contribution in [0.1, 0.15) is 106 Å². The Morgan fingerprint density at radius 3 is 2.03 bits per heavy atom. The number of ether oxygens (including phenoxy) is 4. The molecule has 7 rings (SSSR count). The van der Waals surface area contributed by atoms with Crippen molar-refractivity contribution >= 4 is 16.4 Å². The second-order valence-electron chi connectivity index (χ2n) is 21.1. The summed E-state index contributed by atoms with van der Waals surface area (Å²) >= 11 is 0. The third-order valence-electron chi connectivity index (χ3n) is 17.5. The summed E-state index contributed by atoms with van der Waals surface area (Å²) < 4.78 is 60.8. The van der Waals surface area contributed by atoms with Crippen LogP contribution >= 0.6 is 0 Å². The number of aliphatic hydroxyl groups excluding tert-OH is 8. The van der Waals surface area contributed by atoms with E-state index >= 15 is 0 Å². The molecular formula is C42H68O17S. The normalized spacial score (nSPS) is 51.5. The lowest BCUT2D eigenvalue weighted by atomic mass is 9.33. The topological polar surface area (TPSA) is 279 Å². The fourth-order valence-corrected chi connectivity index (χ4v) is 14.0. The molecule has 17 nitrogen and oxygen atoms in total. The molecule has 19 atom stereocenters. The average molecular weight is 877 g/mol. The summed E-state index contributed by atoms with van der Waals surface area (Å²) in [5.74, 6) is -0.724. The van der Waals surface area contributed by atoms with Gasteiger partial charge in [-0.2, -0.15) is 8.42 Å². The highest BCUT2D eigenvalue weighted by Gasteiger charge is 2.70. The van der Waals surface area contributed by atoms with Crippen LogP contribution in [0.15, 0.2) is 11.6 Å². The Hall–Kier alpha value is -1.36. The van der Waals surface area contributed by atoms with Gasteiger partial charge in [0.2, 0.25) is 6.29 Å². The van der Waals surface area contributed by atoms with Crippen molar-refractivity contribution in [3.05, 3.63) is 11.6 Å². The zero-order chi connectivity index (χ0) is 44.2. The van der Waals surface area contributed by atoms with E-state index in [1.54, 1.807) is 0 Å². The largest absolute Gasteiger partial charge is 0.432 e. The highest BCUT2D eigenvalue weighted by Crippen LogP contribution is 2.76. The molecule has 3 unspecified atom stereocenters. The maximum absolute atomic E-state index is 14.8. The van der Waals surface area contributed by atoms with E-state index in [1.807, 2.05) is 6.92 Å². The number of allylic oxidation sites excluding steroid dienone is 2. The van der Waals surface area contributed by atoms with E-state index in [4.69, 9.17) is 23.1 Å². The van der Waals surface area contributed by atoms with Gasteiger partial charge in [-0.25, -0.2) is 4.18 Å². The first-order valence-electron chi connectivity index (χ1n) is 21.6. The summed E-state index contributed by atoms with van der Waals surface area (Å²) in [5, 5.41) is 84.5. The second kappa shape index (κ2) is 16.0. The van der Waals surface area contributed by atoms with E-state index in [1.165, 1.54) is 5.57 Å². The molecule has 0 aromatic rings. The second-order valence-corrected chi connectivity index (χ2v) is 22.2. The van der Waals surface area contributed by atoms with Crippen molar-refractivity contribution in [3.63, 3.8) is 0 Å². The lowest BCUT2D eigenvalue weighted by Gasteiger charge is -2.71. The highest BCUT2D eigenvalue weighted by molar-refractivity contribution is 7.80. The maximum atomic E-state index is 14.8. The van der Waals surface area contributed by atoms with Gasteiger partial charge in [-0.3, -0.25) is 9.35 Å². The van der Waals surface area contributed by atoms with Gasteiger partial charge in [0.1, 0.15) is 48.8 Å². The lowest BCUT2D eigenvalue weighted by Crippen LogP contribution is -2.66. The van der Waals surface area contributed by atoms with E-state index in [0.717, 1.165) is 19.3 Å². The van der Waals surface area contributed by atoms with Gasteiger partial charge in [0, 0.05) is 5.41 Å². The molecule has 0 aromatic carbocycles. The number of carbonyl (C=O) groups is 1. The molecule has 344 valence electrons. The molecule has 2 heterocycles. The van der Waals surface area contributed by atoms with Crippen molar-refractivity contribution in [1.29, 1.82) is 0 Å². The quantitative estimate of drug-likeness (QED) is 0.0892. The van der Waals surface area contributed by atoms with Gasteiger partial charge < -0.3 is 59.8 Å². The van der Waals surface area contributed by atoms with Crippen molar-refractivity contribution in [3.8, 4) is 0 Å². The summed E-state index contributed by atoms with van der Waals surface area (Å²) in [6, 6.07) is 0. The van der Waals surface area contributed by atoms with Crippen LogP contribution < -0.4 is 0 Å². The average Bonchev–Trinajstić information content (AvgIpc) is 3.18. The van der Waals surface area contributed by atoms with Crippen LogP contribution in [-0.2, 0) is 38.3 Å². The van der Waals surface area contributed by atoms with Crippen LogP contribution in [0.4, 0.5) is 0 Å².